The fourth-order valence-electron chi connectivity index (χ4n) is 2.77. The summed E-state index contributed by atoms with van der Waals surface area (Å²) in [5.74, 6) is 1.48. The maximum atomic E-state index is 12.8. The van der Waals surface area contributed by atoms with Crippen LogP contribution in [-0.4, -0.2) is 33.3 Å². The van der Waals surface area contributed by atoms with Gasteiger partial charge >= 0.3 is 0 Å². The van der Waals surface area contributed by atoms with Crippen LogP contribution in [0, 0.1) is 5.92 Å². The SMILES string of the molecule is CC1CSc2ccc(S(=O)(=O)Nc3ccc4c(c3)OCCO4)cc2NC1=O. The largest absolute Gasteiger partial charge is 0.486 e. The molecular formula is C18H18N2O5S2. The summed E-state index contributed by atoms with van der Waals surface area (Å²) in [6.45, 7) is 2.73. The van der Waals surface area contributed by atoms with E-state index in [-0.39, 0.29) is 16.7 Å². The number of rotatable bonds is 3. The summed E-state index contributed by atoms with van der Waals surface area (Å²) in [5.41, 5.74) is 0.889. The fraction of sp³-hybridized carbons (Fsp3) is 0.278. The van der Waals surface area contributed by atoms with Gasteiger partial charge in [-0.3, -0.25) is 9.52 Å². The quantitative estimate of drug-likeness (QED) is 0.814. The lowest BCUT2D eigenvalue weighted by molar-refractivity contribution is -0.118. The lowest BCUT2D eigenvalue weighted by atomic mass is 10.2. The van der Waals surface area contributed by atoms with Gasteiger partial charge < -0.3 is 14.8 Å². The molecule has 2 heterocycles. The highest BCUT2D eigenvalue weighted by molar-refractivity contribution is 7.99. The van der Waals surface area contributed by atoms with E-state index >= 15 is 0 Å². The summed E-state index contributed by atoms with van der Waals surface area (Å²) in [7, 11) is -3.82. The Kier molecular flexibility index (Phi) is 4.65. The molecule has 2 aliphatic rings. The van der Waals surface area contributed by atoms with Crippen LogP contribution in [-0.2, 0) is 14.8 Å². The molecular weight excluding hydrogens is 388 g/mol. The third-order valence-electron chi connectivity index (χ3n) is 4.25. The van der Waals surface area contributed by atoms with Gasteiger partial charge in [0.1, 0.15) is 13.2 Å². The predicted molar refractivity (Wildman–Crippen MR) is 103 cm³/mol. The molecule has 9 heteroatoms. The van der Waals surface area contributed by atoms with Crippen molar-refractivity contribution < 1.29 is 22.7 Å². The molecule has 7 nitrogen and oxygen atoms in total. The Labute approximate surface area is 161 Å². The molecule has 2 aliphatic heterocycles. The lowest BCUT2D eigenvalue weighted by Crippen LogP contribution is -2.20. The van der Waals surface area contributed by atoms with Gasteiger partial charge in [0.05, 0.1) is 16.3 Å². The fourth-order valence-corrected chi connectivity index (χ4v) is 4.85. The van der Waals surface area contributed by atoms with Gasteiger partial charge in [0.2, 0.25) is 5.91 Å². The van der Waals surface area contributed by atoms with E-state index in [4.69, 9.17) is 9.47 Å². The van der Waals surface area contributed by atoms with Crippen LogP contribution in [0.5, 0.6) is 11.5 Å². The molecule has 4 rings (SSSR count). The van der Waals surface area contributed by atoms with Gasteiger partial charge in [-0.1, -0.05) is 6.92 Å². The smallest absolute Gasteiger partial charge is 0.261 e. The van der Waals surface area contributed by atoms with Gasteiger partial charge in [-0.2, -0.15) is 0 Å². The molecule has 0 aromatic heterocycles. The Balaban J connectivity index is 1.61. The molecule has 0 fully saturated rings. The van der Waals surface area contributed by atoms with Crippen molar-refractivity contribution in [2.75, 3.05) is 29.0 Å². The van der Waals surface area contributed by atoms with Crippen molar-refractivity contribution in [3.8, 4) is 11.5 Å². The third kappa shape index (κ3) is 3.70. The van der Waals surface area contributed by atoms with Crippen LogP contribution in [0.25, 0.3) is 0 Å². The summed E-state index contributed by atoms with van der Waals surface area (Å²) in [6.07, 6.45) is 0. The first-order valence-electron chi connectivity index (χ1n) is 8.42. The van der Waals surface area contributed by atoms with E-state index in [1.807, 2.05) is 6.92 Å². The molecule has 2 N–H and O–H groups in total. The highest BCUT2D eigenvalue weighted by Crippen LogP contribution is 2.36. The highest BCUT2D eigenvalue weighted by Gasteiger charge is 2.23. The van der Waals surface area contributed by atoms with Crippen LogP contribution in [0.2, 0.25) is 0 Å². The van der Waals surface area contributed by atoms with E-state index in [1.54, 1.807) is 24.3 Å². The van der Waals surface area contributed by atoms with Crippen LogP contribution < -0.4 is 19.5 Å². The highest BCUT2D eigenvalue weighted by atomic mass is 32.2. The van der Waals surface area contributed by atoms with Crippen molar-refractivity contribution in [2.45, 2.75) is 16.7 Å². The van der Waals surface area contributed by atoms with Crippen LogP contribution in [0.4, 0.5) is 11.4 Å². The van der Waals surface area contributed by atoms with Crippen molar-refractivity contribution >= 4 is 39.1 Å². The van der Waals surface area contributed by atoms with Crippen LogP contribution in [0.3, 0.4) is 0 Å². The molecule has 1 unspecified atom stereocenters. The number of amides is 1. The molecule has 2 aromatic rings. The number of ether oxygens (including phenoxy) is 2. The maximum Gasteiger partial charge on any atom is 0.261 e. The second-order valence-electron chi connectivity index (χ2n) is 6.32. The number of thioether (sulfide) groups is 1. The summed E-state index contributed by atoms with van der Waals surface area (Å²) < 4.78 is 39.0. The first kappa shape index (κ1) is 18.0. The molecule has 0 spiro atoms. The Morgan fingerprint density at radius 2 is 1.89 bits per heavy atom. The van der Waals surface area contributed by atoms with Crippen molar-refractivity contribution in [1.29, 1.82) is 0 Å². The normalized spacial score (nSPS) is 18.9. The van der Waals surface area contributed by atoms with E-state index in [9.17, 15) is 13.2 Å². The molecule has 1 amide bonds. The number of anilines is 2. The molecule has 142 valence electrons. The van der Waals surface area contributed by atoms with Gasteiger partial charge in [0.15, 0.2) is 11.5 Å². The molecule has 27 heavy (non-hydrogen) atoms. The first-order chi connectivity index (χ1) is 12.9. The van der Waals surface area contributed by atoms with Gasteiger partial charge in [-0.15, -0.1) is 11.8 Å². The van der Waals surface area contributed by atoms with E-state index in [1.165, 1.54) is 23.9 Å². The summed E-state index contributed by atoms with van der Waals surface area (Å²) in [5, 5.41) is 2.80. The minimum Gasteiger partial charge on any atom is -0.486 e. The third-order valence-corrected chi connectivity index (χ3v) is 6.96. The van der Waals surface area contributed by atoms with E-state index < -0.39 is 10.0 Å². The van der Waals surface area contributed by atoms with Gasteiger partial charge in [0.25, 0.3) is 10.0 Å². The Hall–Kier alpha value is -2.39. The minimum absolute atomic E-state index is 0.0755. The zero-order chi connectivity index (χ0) is 19.0. The van der Waals surface area contributed by atoms with Crippen LogP contribution in [0.1, 0.15) is 6.92 Å². The number of benzene rings is 2. The molecule has 2 aromatic carbocycles. The van der Waals surface area contributed by atoms with E-state index in [0.29, 0.717) is 41.8 Å². The summed E-state index contributed by atoms with van der Waals surface area (Å²) in [6, 6.07) is 9.62. The average Bonchev–Trinajstić information content (AvgIpc) is 2.79. The maximum absolute atomic E-state index is 12.8. The van der Waals surface area contributed by atoms with Gasteiger partial charge in [-0.25, -0.2) is 8.42 Å². The van der Waals surface area contributed by atoms with Crippen LogP contribution in [0.15, 0.2) is 46.2 Å². The molecule has 1 atom stereocenters. The van der Waals surface area contributed by atoms with Gasteiger partial charge in [-0.05, 0) is 30.3 Å². The monoisotopic (exact) mass is 406 g/mol. The number of hydrogen-bond donors (Lipinski definition) is 2. The summed E-state index contributed by atoms with van der Waals surface area (Å²) in [4.78, 5) is 13.0. The van der Waals surface area contributed by atoms with Crippen molar-refractivity contribution in [3.63, 3.8) is 0 Å². The average molecular weight is 406 g/mol. The molecule has 0 saturated carbocycles. The number of carbonyl (C=O) groups excluding carboxylic acids is 1. The molecule has 0 bridgehead atoms. The van der Waals surface area contributed by atoms with Gasteiger partial charge in [0, 0.05) is 22.6 Å². The van der Waals surface area contributed by atoms with Crippen molar-refractivity contribution in [3.05, 3.63) is 36.4 Å². The number of fused-ring (bicyclic) bond motifs is 2. The number of hydrogen-bond acceptors (Lipinski definition) is 6. The zero-order valence-corrected chi connectivity index (χ0v) is 16.2. The molecule has 0 aliphatic carbocycles. The lowest BCUT2D eigenvalue weighted by Gasteiger charge is -2.19. The second-order valence-corrected chi connectivity index (χ2v) is 9.07. The number of sulfonamides is 1. The molecule has 0 saturated heterocycles. The second kappa shape index (κ2) is 6.97. The minimum atomic E-state index is -3.82. The number of carbonyl (C=O) groups is 1. The van der Waals surface area contributed by atoms with E-state index in [2.05, 4.69) is 10.0 Å². The van der Waals surface area contributed by atoms with Crippen molar-refractivity contribution in [2.24, 2.45) is 5.92 Å². The summed E-state index contributed by atoms with van der Waals surface area (Å²) >= 11 is 1.53. The number of nitrogens with one attached hydrogen (secondary N) is 2. The Morgan fingerprint density at radius 3 is 2.70 bits per heavy atom. The van der Waals surface area contributed by atoms with Crippen molar-refractivity contribution in [1.82, 2.24) is 0 Å². The Bertz CT molecular complexity index is 1010. The molecule has 0 radical (unpaired) electrons. The standard InChI is InChI=1S/C18H18N2O5S2/c1-11-10-26-17-5-3-13(9-14(17)19-18(11)21)27(22,23)20-12-2-4-15-16(8-12)25-7-6-24-15/h2-5,8-9,11,20H,6-7,10H2,1H3,(H,19,21). The van der Waals surface area contributed by atoms with E-state index in [0.717, 1.165) is 4.90 Å². The first-order valence-corrected chi connectivity index (χ1v) is 10.9. The zero-order valence-electron chi connectivity index (χ0n) is 14.5. The predicted octanol–water partition coefficient (Wildman–Crippen LogP) is 2.94. The Morgan fingerprint density at radius 1 is 1.11 bits per heavy atom. The van der Waals surface area contributed by atoms with Crippen LogP contribution >= 0.6 is 11.8 Å². The topological polar surface area (TPSA) is 93.7 Å².